The standard InChI is InChI=1S/C18H30O4/c1-2-3-4-5-6-7-8-9-10-11-18(21)22-15-12-13-16(19)17(20)14-15/h14,16,19H,2-13H2,1H3. The van der Waals surface area contributed by atoms with Crippen LogP contribution in [0.1, 0.15) is 84.0 Å². The normalized spacial score (nSPS) is 18.2. The maximum absolute atomic E-state index is 11.7. The average Bonchev–Trinajstić information content (AvgIpc) is 2.49. The molecule has 0 heterocycles. The molecule has 0 spiro atoms. The van der Waals surface area contributed by atoms with Gasteiger partial charge in [-0.25, -0.2) is 0 Å². The van der Waals surface area contributed by atoms with Crippen molar-refractivity contribution < 1.29 is 19.4 Å². The summed E-state index contributed by atoms with van der Waals surface area (Å²) in [6.07, 6.45) is 12.4. The summed E-state index contributed by atoms with van der Waals surface area (Å²) in [6.45, 7) is 2.22. The van der Waals surface area contributed by atoms with Crippen LogP contribution in [0, 0.1) is 0 Å². The number of hydrogen-bond acceptors (Lipinski definition) is 4. The number of carbonyl (C=O) groups is 2. The molecule has 0 aliphatic heterocycles. The topological polar surface area (TPSA) is 63.6 Å². The van der Waals surface area contributed by atoms with Crippen LogP contribution in [0.4, 0.5) is 0 Å². The van der Waals surface area contributed by atoms with E-state index in [4.69, 9.17) is 4.74 Å². The Balaban J connectivity index is 2.00. The number of ether oxygens (including phenoxy) is 1. The largest absolute Gasteiger partial charge is 0.431 e. The van der Waals surface area contributed by atoms with Crippen molar-refractivity contribution in [3.8, 4) is 0 Å². The van der Waals surface area contributed by atoms with Gasteiger partial charge < -0.3 is 9.84 Å². The van der Waals surface area contributed by atoms with Crippen molar-refractivity contribution in [3.63, 3.8) is 0 Å². The molecule has 4 nitrogen and oxygen atoms in total. The zero-order chi connectivity index (χ0) is 16.2. The highest BCUT2D eigenvalue weighted by molar-refractivity contribution is 5.94. The van der Waals surface area contributed by atoms with Gasteiger partial charge in [-0.1, -0.05) is 58.3 Å². The van der Waals surface area contributed by atoms with Crippen LogP contribution < -0.4 is 0 Å². The summed E-state index contributed by atoms with van der Waals surface area (Å²) < 4.78 is 5.17. The molecule has 0 aromatic carbocycles. The zero-order valence-corrected chi connectivity index (χ0v) is 13.8. The van der Waals surface area contributed by atoms with E-state index in [1.807, 2.05) is 0 Å². The Morgan fingerprint density at radius 2 is 1.73 bits per heavy atom. The monoisotopic (exact) mass is 310 g/mol. The third-order valence-electron chi connectivity index (χ3n) is 4.03. The highest BCUT2D eigenvalue weighted by atomic mass is 16.5. The van der Waals surface area contributed by atoms with Crippen LogP contribution in [0.3, 0.4) is 0 Å². The van der Waals surface area contributed by atoms with Crippen molar-refractivity contribution in [1.29, 1.82) is 0 Å². The molecule has 1 atom stereocenters. The van der Waals surface area contributed by atoms with Crippen LogP contribution in [-0.2, 0) is 14.3 Å². The van der Waals surface area contributed by atoms with Gasteiger partial charge in [0.05, 0.1) is 0 Å². The second kappa shape index (κ2) is 11.4. The van der Waals surface area contributed by atoms with Gasteiger partial charge >= 0.3 is 5.97 Å². The molecule has 0 fully saturated rings. The Morgan fingerprint density at radius 3 is 2.32 bits per heavy atom. The molecule has 1 rings (SSSR count). The van der Waals surface area contributed by atoms with Gasteiger partial charge in [-0.15, -0.1) is 0 Å². The fourth-order valence-electron chi connectivity index (χ4n) is 2.61. The first-order chi connectivity index (χ1) is 10.6. The first-order valence-electron chi connectivity index (χ1n) is 8.76. The summed E-state index contributed by atoms with van der Waals surface area (Å²) in [5.74, 6) is -0.230. The summed E-state index contributed by atoms with van der Waals surface area (Å²) >= 11 is 0. The lowest BCUT2D eigenvalue weighted by molar-refractivity contribution is -0.140. The lowest BCUT2D eigenvalue weighted by Crippen LogP contribution is -2.23. The third-order valence-corrected chi connectivity index (χ3v) is 4.03. The number of unbranched alkanes of at least 4 members (excludes halogenated alkanes) is 8. The number of hydrogen-bond donors (Lipinski definition) is 1. The number of ketones is 1. The number of carbonyl (C=O) groups excluding carboxylic acids is 2. The van der Waals surface area contributed by atoms with Crippen LogP contribution in [-0.4, -0.2) is 23.0 Å². The van der Waals surface area contributed by atoms with Gasteiger partial charge in [0.2, 0.25) is 0 Å². The maximum atomic E-state index is 11.7. The van der Waals surface area contributed by atoms with Crippen molar-refractivity contribution in [3.05, 3.63) is 11.8 Å². The van der Waals surface area contributed by atoms with E-state index in [1.165, 1.54) is 51.0 Å². The molecule has 1 unspecified atom stereocenters. The second-order valence-electron chi connectivity index (χ2n) is 6.12. The molecule has 0 aromatic heterocycles. The average molecular weight is 310 g/mol. The maximum Gasteiger partial charge on any atom is 0.310 e. The van der Waals surface area contributed by atoms with Gasteiger partial charge in [0.15, 0.2) is 5.78 Å². The predicted octanol–water partition coefficient (Wildman–Crippen LogP) is 4.06. The number of aliphatic hydroxyl groups is 1. The van der Waals surface area contributed by atoms with Gasteiger partial charge in [-0.2, -0.15) is 0 Å². The Morgan fingerprint density at radius 1 is 1.14 bits per heavy atom. The van der Waals surface area contributed by atoms with E-state index in [-0.39, 0.29) is 11.8 Å². The van der Waals surface area contributed by atoms with Gasteiger partial charge in [-0.3, -0.25) is 9.59 Å². The van der Waals surface area contributed by atoms with E-state index in [9.17, 15) is 14.7 Å². The second-order valence-corrected chi connectivity index (χ2v) is 6.12. The minimum Gasteiger partial charge on any atom is -0.431 e. The number of rotatable bonds is 11. The minimum atomic E-state index is -0.931. The molecule has 0 bridgehead atoms. The van der Waals surface area contributed by atoms with Gasteiger partial charge in [0.25, 0.3) is 0 Å². The Bertz CT molecular complexity index is 373. The van der Waals surface area contributed by atoms with Crippen molar-refractivity contribution in [2.75, 3.05) is 0 Å². The molecular formula is C18H30O4. The summed E-state index contributed by atoms with van der Waals surface area (Å²) in [5, 5.41) is 9.29. The first kappa shape index (κ1) is 18.9. The van der Waals surface area contributed by atoms with Crippen LogP contribution in [0.2, 0.25) is 0 Å². The van der Waals surface area contributed by atoms with Crippen molar-refractivity contribution in [2.45, 2.75) is 90.1 Å². The molecule has 1 aliphatic rings. The zero-order valence-electron chi connectivity index (χ0n) is 13.8. The Kier molecular flexibility index (Phi) is 9.80. The molecule has 0 saturated carbocycles. The first-order valence-corrected chi connectivity index (χ1v) is 8.76. The van der Waals surface area contributed by atoms with Crippen molar-refractivity contribution in [1.82, 2.24) is 0 Å². The van der Waals surface area contributed by atoms with E-state index in [2.05, 4.69) is 6.92 Å². The molecular weight excluding hydrogens is 280 g/mol. The SMILES string of the molecule is CCCCCCCCCCCC(=O)OC1=CC(=O)C(O)CC1. The quantitative estimate of drug-likeness (QED) is 0.462. The molecule has 0 aromatic rings. The molecule has 0 radical (unpaired) electrons. The Hall–Kier alpha value is -1.16. The highest BCUT2D eigenvalue weighted by Gasteiger charge is 2.21. The van der Waals surface area contributed by atoms with Gasteiger partial charge in [0, 0.05) is 18.9 Å². The molecule has 126 valence electrons. The fourth-order valence-corrected chi connectivity index (χ4v) is 2.61. The number of aliphatic hydroxyl groups excluding tert-OH is 1. The van der Waals surface area contributed by atoms with E-state index >= 15 is 0 Å². The summed E-state index contributed by atoms with van der Waals surface area (Å²) in [6, 6.07) is 0. The lowest BCUT2D eigenvalue weighted by Gasteiger charge is -2.16. The van der Waals surface area contributed by atoms with Crippen molar-refractivity contribution >= 4 is 11.8 Å². The summed E-state index contributed by atoms with van der Waals surface area (Å²) in [4.78, 5) is 23.0. The van der Waals surface area contributed by atoms with E-state index in [1.54, 1.807) is 0 Å². The molecule has 22 heavy (non-hydrogen) atoms. The van der Waals surface area contributed by atoms with E-state index in [0.717, 1.165) is 12.8 Å². The smallest absolute Gasteiger partial charge is 0.310 e. The third kappa shape index (κ3) is 8.32. The minimum absolute atomic E-state index is 0.265. The predicted molar refractivity (Wildman–Crippen MR) is 86.3 cm³/mol. The Labute approximate surface area is 133 Å². The molecule has 0 amide bonds. The molecule has 4 heteroatoms. The summed E-state index contributed by atoms with van der Waals surface area (Å²) in [7, 11) is 0. The molecule has 0 saturated heterocycles. The van der Waals surface area contributed by atoms with E-state index in [0.29, 0.717) is 25.0 Å². The van der Waals surface area contributed by atoms with Crippen LogP contribution >= 0.6 is 0 Å². The summed E-state index contributed by atoms with van der Waals surface area (Å²) in [5.41, 5.74) is 0. The molecule has 1 N–H and O–H groups in total. The van der Waals surface area contributed by atoms with Crippen LogP contribution in [0.5, 0.6) is 0 Å². The van der Waals surface area contributed by atoms with Crippen molar-refractivity contribution in [2.24, 2.45) is 0 Å². The van der Waals surface area contributed by atoms with Gasteiger partial charge in [0.1, 0.15) is 11.9 Å². The fraction of sp³-hybridized carbons (Fsp3) is 0.778. The lowest BCUT2D eigenvalue weighted by atomic mass is 10.0. The van der Waals surface area contributed by atoms with Crippen LogP contribution in [0.15, 0.2) is 11.8 Å². The number of allylic oxidation sites excluding steroid dienone is 1. The van der Waals surface area contributed by atoms with Gasteiger partial charge in [-0.05, 0) is 12.8 Å². The molecule has 1 aliphatic carbocycles. The number of esters is 1. The van der Waals surface area contributed by atoms with E-state index < -0.39 is 6.10 Å². The highest BCUT2D eigenvalue weighted by Crippen LogP contribution is 2.18. The van der Waals surface area contributed by atoms with Crippen LogP contribution in [0.25, 0.3) is 0 Å².